The van der Waals surface area contributed by atoms with Gasteiger partial charge >= 0.3 is 0 Å². The second-order valence-corrected chi connectivity index (χ2v) is 4.28. The minimum absolute atomic E-state index is 0.109. The van der Waals surface area contributed by atoms with Crippen LogP contribution in [0.4, 0.5) is 11.4 Å². The average Bonchev–Trinajstić information content (AvgIpc) is 2.33. The van der Waals surface area contributed by atoms with Crippen molar-refractivity contribution in [3.05, 3.63) is 23.2 Å². The molecule has 2 amide bonds. The third-order valence-electron chi connectivity index (χ3n) is 2.24. The maximum absolute atomic E-state index is 11.5. The van der Waals surface area contributed by atoms with Crippen LogP contribution in [0.15, 0.2) is 18.2 Å². The number of anilines is 2. The van der Waals surface area contributed by atoms with Gasteiger partial charge in [-0.05, 0) is 25.1 Å². The molecule has 1 unspecified atom stereocenters. The first-order valence-electron chi connectivity index (χ1n) is 5.60. The molecule has 6 heteroatoms. The first kappa shape index (κ1) is 14.5. The van der Waals surface area contributed by atoms with E-state index in [2.05, 4.69) is 10.6 Å². The van der Waals surface area contributed by atoms with Gasteiger partial charge in [0.05, 0.1) is 16.8 Å². The molecule has 4 N–H and O–H groups in total. The van der Waals surface area contributed by atoms with Crippen molar-refractivity contribution in [3.63, 3.8) is 0 Å². The second-order valence-electron chi connectivity index (χ2n) is 3.87. The molecular formula is C12H16ClN3O2. The van der Waals surface area contributed by atoms with Gasteiger partial charge in [-0.3, -0.25) is 9.59 Å². The van der Waals surface area contributed by atoms with Gasteiger partial charge in [0.2, 0.25) is 11.8 Å². The molecule has 18 heavy (non-hydrogen) atoms. The zero-order valence-electron chi connectivity index (χ0n) is 10.3. The summed E-state index contributed by atoms with van der Waals surface area (Å²) in [5, 5.41) is 5.66. The van der Waals surface area contributed by atoms with Gasteiger partial charge in [0.25, 0.3) is 0 Å². The van der Waals surface area contributed by atoms with Crippen molar-refractivity contribution in [1.82, 2.24) is 0 Å². The molecule has 1 aromatic carbocycles. The first-order chi connectivity index (χ1) is 8.43. The van der Waals surface area contributed by atoms with Crippen LogP contribution in [0.25, 0.3) is 0 Å². The molecule has 0 aliphatic rings. The Bertz CT molecular complexity index is 461. The van der Waals surface area contributed by atoms with Crippen LogP contribution in [0.2, 0.25) is 5.02 Å². The van der Waals surface area contributed by atoms with E-state index in [0.717, 1.165) is 0 Å². The summed E-state index contributed by atoms with van der Waals surface area (Å²) in [4.78, 5) is 22.7. The highest BCUT2D eigenvalue weighted by atomic mass is 35.5. The lowest BCUT2D eigenvalue weighted by Gasteiger charge is -2.11. The summed E-state index contributed by atoms with van der Waals surface area (Å²) in [6, 6.07) is 4.23. The lowest BCUT2D eigenvalue weighted by Crippen LogP contribution is -2.32. The van der Waals surface area contributed by atoms with E-state index in [1.807, 2.05) is 0 Å². The molecule has 0 heterocycles. The van der Waals surface area contributed by atoms with Crippen molar-refractivity contribution in [2.45, 2.75) is 26.3 Å². The largest absolute Gasteiger partial charge is 0.326 e. The van der Waals surface area contributed by atoms with Crippen LogP contribution in [-0.2, 0) is 9.59 Å². The standard InChI is InChI=1S/C12H16ClN3O2/c1-3-11(17)15-8-4-5-9(13)10(6-8)16-12(18)7(2)14/h4-7H,3,14H2,1-2H3,(H,15,17)(H,16,18). The molecule has 0 spiro atoms. The number of rotatable bonds is 4. The number of hydrogen-bond donors (Lipinski definition) is 3. The molecular weight excluding hydrogens is 254 g/mol. The number of carbonyl (C=O) groups excluding carboxylic acids is 2. The highest BCUT2D eigenvalue weighted by molar-refractivity contribution is 6.34. The Morgan fingerprint density at radius 2 is 2.06 bits per heavy atom. The van der Waals surface area contributed by atoms with E-state index in [1.54, 1.807) is 32.0 Å². The van der Waals surface area contributed by atoms with Crippen molar-refractivity contribution in [2.75, 3.05) is 10.6 Å². The first-order valence-corrected chi connectivity index (χ1v) is 5.97. The third kappa shape index (κ3) is 4.01. The Morgan fingerprint density at radius 3 is 2.61 bits per heavy atom. The fourth-order valence-corrected chi connectivity index (χ4v) is 1.36. The van der Waals surface area contributed by atoms with Crippen LogP contribution in [-0.4, -0.2) is 17.9 Å². The average molecular weight is 270 g/mol. The minimum Gasteiger partial charge on any atom is -0.326 e. The number of halogens is 1. The molecule has 0 bridgehead atoms. The van der Waals surface area contributed by atoms with Gasteiger partial charge in [-0.1, -0.05) is 18.5 Å². The third-order valence-corrected chi connectivity index (χ3v) is 2.57. The van der Waals surface area contributed by atoms with Gasteiger partial charge < -0.3 is 16.4 Å². The fraction of sp³-hybridized carbons (Fsp3) is 0.333. The number of carbonyl (C=O) groups is 2. The SMILES string of the molecule is CCC(=O)Nc1ccc(Cl)c(NC(=O)C(C)N)c1. The van der Waals surface area contributed by atoms with Gasteiger partial charge in [0, 0.05) is 12.1 Å². The lowest BCUT2D eigenvalue weighted by molar-refractivity contribution is -0.117. The van der Waals surface area contributed by atoms with E-state index < -0.39 is 6.04 Å². The molecule has 0 saturated carbocycles. The summed E-state index contributed by atoms with van der Waals surface area (Å²) in [6.45, 7) is 3.33. The summed E-state index contributed by atoms with van der Waals surface area (Å²) >= 11 is 5.95. The number of nitrogens with two attached hydrogens (primary N) is 1. The highest BCUT2D eigenvalue weighted by Gasteiger charge is 2.11. The Morgan fingerprint density at radius 1 is 1.39 bits per heavy atom. The van der Waals surface area contributed by atoms with Crippen LogP contribution in [0.5, 0.6) is 0 Å². The van der Waals surface area contributed by atoms with Crippen molar-refractivity contribution < 1.29 is 9.59 Å². The van der Waals surface area contributed by atoms with Gasteiger partial charge in [0.1, 0.15) is 0 Å². The van der Waals surface area contributed by atoms with Gasteiger partial charge in [-0.25, -0.2) is 0 Å². The van der Waals surface area contributed by atoms with E-state index in [9.17, 15) is 9.59 Å². The number of benzene rings is 1. The molecule has 1 atom stereocenters. The molecule has 98 valence electrons. The topological polar surface area (TPSA) is 84.2 Å². The van der Waals surface area contributed by atoms with Crippen molar-refractivity contribution in [3.8, 4) is 0 Å². The molecule has 5 nitrogen and oxygen atoms in total. The Balaban J connectivity index is 2.87. The Hall–Kier alpha value is -1.59. The predicted molar refractivity (Wildman–Crippen MR) is 72.7 cm³/mol. The maximum atomic E-state index is 11.5. The zero-order valence-corrected chi connectivity index (χ0v) is 11.0. The van der Waals surface area contributed by atoms with E-state index in [0.29, 0.717) is 22.8 Å². The number of hydrogen-bond acceptors (Lipinski definition) is 3. The second kappa shape index (κ2) is 6.37. The quantitative estimate of drug-likeness (QED) is 0.781. The highest BCUT2D eigenvalue weighted by Crippen LogP contribution is 2.25. The lowest BCUT2D eigenvalue weighted by atomic mass is 10.2. The van der Waals surface area contributed by atoms with E-state index in [4.69, 9.17) is 17.3 Å². The van der Waals surface area contributed by atoms with E-state index >= 15 is 0 Å². The predicted octanol–water partition coefficient (Wildman–Crippen LogP) is 1.97. The van der Waals surface area contributed by atoms with Crippen LogP contribution >= 0.6 is 11.6 Å². The van der Waals surface area contributed by atoms with Crippen LogP contribution < -0.4 is 16.4 Å². The van der Waals surface area contributed by atoms with Crippen molar-refractivity contribution in [1.29, 1.82) is 0 Å². The summed E-state index contributed by atoms with van der Waals surface area (Å²) in [5.41, 5.74) is 6.45. The van der Waals surface area contributed by atoms with Crippen molar-refractivity contribution >= 4 is 34.8 Å². The van der Waals surface area contributed by atoms with Gasteiger partial charge in [-0.15, -0.1) is 0 Å². The molecule has 0 radical (unpaired) electrons. The molecule has 1 rings (SSSR count). The summed E-state index contributed by atoms with van der Waals surface area (Å²) in [6.07, 6.45) is 0.379. The maximum Gasteiger partial charge on any atom is 0.241 e. The molecule has 0 aliphatic heterocycles. The van der Waals surface area contributed by atoms with Gasteiger partial charge in [-0.2, -0.15) is 0 Å². The van der Waals surface area contributed by atoms with Crippen LogP contribution in [0.1, 0.15) is 20.3 Å². The smallest absolute Gasteiger partial charge is 0.241 e. The Labute approximate surface area is 111 Å². The van der Waals surface area contributed by atoms with E-state index in [-0.39, 0.29) is 11.8 Å². The fourth-order valence-electron chi connectivity index (χ4n) is 1.19. The normalized spacial score (nSPS) is 11.8. The van der Waals surface area contributed by atoms with E-state index in [1.165, 1.54) is 0 Å². The monoisotopic (exact) mass is 269 g/mol. The molecule has 0 aliphatic carbocycles. The Kier molecular flexibility index (Phi) is 5.12. The molecule has 1 aromatic rings. The molecule has 0 aromatic heterocycles. The summed E-state index contributed by atoms with van der Waals surface area (Å²) in [5.74, 6) is -0.447. The van der Waals surface area contributed by atoms with Crippen LogP contribution in [0.3, 0.4) is 0 Å². The molecule has 0 saturated heterocycles. The molecule has 0 fully saturated rings. The summed E-state index contributed by atoms with van der Waals surface area (Å²) in [7, 11) is 0. The zero-order chi connectivity index (χ0) is 13.7. The number of nitrogens with one attached hydrogen (secondary N) is 2. The number of amides is 2. The van der Waals surface area contributed by atoms with Gasteiger partial charge in [0.15, 0.2) is 0 Å². The summed E-state index contributed by atoms with van der Waals surface area (Å²) < 4.78 is 0. The van der Waals surface area contributed by atoms with Crippen LogP contribution in [0, 0.1) is 0 Å². The van der Waals surface area contributed by atoms with Crippen molar-refractivity contribution in [2.24, 2.45) is 5.73 Å². The minimum atomic E-state index is -0.630.